The molecule has 33 heavy (non-hydrogen) atoms. The van der Waals surface area contributed by atoms with Crippen LogP contribution >= 0.6 is 0 Å². The van der Waals surface area contributed by atoms with E-state index in [2.05, 4.69) is 41.1 Å². The SMILES string of the molecule is Cc1ccc(-c2nc(C(=O)NCCOC34CC5CC(CC(C5)C3)C4)c3n2CCCCC3)cc1. The molecular weight excluding hydrogens is 410 g/mol. The third kappa shape index (κ3) is 4.14. The third-order valence-corrected chi connectivity index (χ3v) is 8.67. The zero-order valence-electron chi connectivity index (χ0n) is 19.9. The van der Waals surface area contributed by atoms with E-state index in [0.29, 0.717) is 18.8 Å². The molecule has 0 spiro atoms. The number of nitrogens with zero attached hydrogens (tertiary/aromatic N) is 2. The Balaban J connectivity index is 1.13. The molecule has 4 fully saturated rings. The number of aromatic nitrogens is 2. The van der Waals surface area contributed by atoms with Gasteiger partial charge in [0.05, 0.1) is 17.9 Å². The van der Waals surface area contributed by atoms with Crippen LogP contribution in [-0.4, -0.2) is 34.2 Å². The average molecular weight is 448 g/mol. The number of carbonyl (C=O) groups excluding carboxylic acids is 1. The fourth-order valence-corrected chi connectivity index (χ4v) is 7.55. The summed E-state index contributed by atoms with van der Waals surface area (Å²) in [5.74, 6) is 3.53. The minimum atomic E-state index is -0.0480. The molecule has 2 heterocycles. The lowest BCUT2D eigenvalue weighted by Crippen LogP contribution is -2.52. The first kappa shape index (κ1) is 21.4. The Bertz CT molecular complexity index is 987. The van der Waals surface area contributed by atoms with Crippen LogP contribution in [0.25, 0.3) is 11.4 Å². The number of carbonyl (C=O) groups is 1. The molecule has 0 atom stereocenters. The summed E-state index contributed by atoms with van der Waals surface area (Å²) >= 11 is 0. The molecule has 1 amide bonds. The van der Waals surface area contributed by atoms with Crippen LogP contribution in [0.4, 0.5) is 0 Å². The molecule has 5 aliphatic rings. The minimum absolute atomic E-state index is 0.0480. The maximum atomic E-state index is 13.2. The molecule has 2 aromatic rings. The molecule has 5 nitrogen and oxygen atoms in total. The van der Waals surface area contributed by atoms with Crippen LogP contribution in [0.5, 0.6) is 0 Å². The lowest BCUT2D eigenvalue weighted by atomic mass is 9.54. The molecule has 4 aliphatic carbocycles. The topological polar surface area (TPSA) is 56.1 Å². The Labute approximate surface area is 197 Å². The van der Waals surface area contributed by atoms with Crippen molar-refractivity contribution in [1.29, 1.82) is 0 Å². The van der Waals surface area contributed by atoms with Gasteiger partial charge in [0.25, 0.3) is 5.91 Å². The van der Waals surface area contributed by atoms with Crippen LogP contribution in [0, 0.1) is 24.7 Å². The smallest absolute Gasteiger partial charge is 0.271 e. The third-order valence-electron chi connectivity index (χ3n) is 8.67. The number of nitrogens with one attached hydrogen (secondary N) is 1. The van der Waals surface area contributed by atoms with E-state index in [1.807, 2.05) is 0 Å². The van der Waals surface area contributed by atoms with E-state index < -0.39 is 0 Å². The molecule has 5 heteroatoms. The van der Waals surface area contributed by atoms with Gasteiger partial charge in [-0.05, 0) is 82.5 Å². The van der Waals surface area contributed by atoms with Crippen LogP contribution in [0.1, 0.15) is 79.5 Å². The number of hydrogen-bond acceptors (Lipinski definition) is 3. The van der Waals surface area contributed by atoms with Gasteiger partial charge in [-0.3, -0.25) is 4.79 Å². The predicted molar refractivity (Wildman–Crippen MR) is 129 cm³/mol. The van der Waals surface area contributed by atoms with E-state index in [9.17, 15) is 4.79 Å². The van der Waals surface area contributed by atoms with Gasteiger partial charge >= 0.3 is 0 Å². The molecule has 7 rings (SSSR count). The molecule has 1 aromatic carbocycles. The first-order valence-electron chi connectivity index (χ1n) is 13.2. The number of aryl methyl sites for hydroxylation is 1. The fraction of sp³-hybridized carbons (Fsp3) is 0.643. The second-order valence-electron chi connectivity index (χ2n) is 11.3. The quantitative estimate of drug-likeness (QED) is 0.612. The molecule has 0 saturated heterocycles. The molecule has 4 bridgehead atoms. The van der Waals surface area contributed by atoms with Gasteiger partial charge in [0.15, 0.2) is 0 Å². The lowest BCUT2D eigenvalue weighted by Gasteiger charge is -2.56. The molecule has 0 unspecified atom stereocenters. The number of benzene rings is 1. The summed E-state index contributed by atoms with van der Waals surface area (Å²) in [5, 5.41) is 3.14. The zero-order chi connectivity index (χ0) is 22.4. The summed E-state index contributed by atoms with van der Waals surface area (Å²) in [6.45, 7) is 4.21. The van der Waals surface area contributed by atoms with E-state index in [1.165, 1.54) is 50.5 Å². The van der Waals surface area contributed by atoms with E-state index >= 15 is 0 Å². The highest BCUT2D eigenvalue weighted by Gasteiger charge is 2.51. The Morgan fingerprint density at radius 1 is 1.06 bits per heavy atom. The Kier molecular flexibility index (Phi) is 5.56. The summed E-state index contributed by atoms with van der Waals surface area (Å²) in [7, 11) is 0. The molecule has 176 valence electrons. The summed E-state index contributed by atoms with van der Waals surface area (Å²) in [6, 6.07) is 8.48. The van der Waals surface area contributed by atoms with Crippen molar-refractivity contribution in [3.63, 3.8) is 0 Å². The van der Waals surface area contributed by atoms with Crippen molar-refractivity contribution in [1.82, 2.24) is 14.9 Å². The second kappa shape index (κ2) is 8.57. The lowest BCUT2D eigenvalue weighted by molar-refractivity contribution is -0.161. The summed E-state index contributed by atoms with van der Waals surface area (Å²) in [5.41, 5.74) is 4.14. The van der Waals surface area contributed by atoms with Crippen LogP contribution in [-0.2, 0) is 17.7 Å². The summed E-state index contributed by atoms with van der Waals surface area (Å²) in [4.78, 5) is 18.1. The Morgan fingerprint density at radius 3 is 2.45 bits per heavy atom. The van der Waals surface area contributed by atoms with Crippen LogP contribution < -0.4 is 5.32 Å². The highest BCUT2D eigenvalue weighted by molar-refractivity contribution is 5.94. The number of rotatable bonds is 6. The molecular formula is C28H37N3O2. The van der Waals surface area contributed by atoms with Crippen molar-refractivity contribution in [2.75, 3.05) is 13.2 Å². The van der Waals surface area contributed by atoms with Crippen LogP contribution in [0.3, 0.4) is 0 Å². The summed E-state index contributed by atoms with van der Waals surface area (Å²) < 4.78 is 8.80. The predicted octanol–water partition coefficient (Wildman–Crippen LogP) is 5.30. The molecule has 1 N–H and O–H groups in total. The number of imidazole rings is 1. The van der Waals surface area contributed by atoms with E-state index in [-0.39, 0.29) is 11.5 Å². The van der Waals surface area contributed by atoms with Gasteiger partial charge in [-0.15, -0.1) is 0 Å². The average Bonchev–Trinajstić information content (AvgIpc) is 2.97. The first-order chi connectivity index (χ1) is 16.1. The van der Waals surface area contributed by atoms with Gasteiger partial charge in [-0.2, -0.15) is 0 Å². The molecule has 4 saturated carbocycles. The minimum Gasteiger partial charge on any atom is -0.373 e. The number of hydrogen-bond donors (Lipinski definition) is 1. The van der Waals surface area contributed by atoms with Gasteiger partial charge < -0.3 is 14.6 Å². The second-order valence-corrected chi connectivity index (χ2v) is 11.3. The van der Waals surface area contributed by atoms with Crippen molar-refractivity contribution in [3.8, 4) is 11.4 Å². The standard InChI is InChI=1S/C28H37N3O2/c1-19-6-8-23(9-7-19)26-30-25(24-5-3-2-4-11-31(24)26)27(32)29-10-12-33-28-16-20-13-21(17-28)15-22(14-20)18-28/h6-9,20-22H,2-5,10-18H2,1H3,(H,29,32). The Hall–Kier alpha value is -2.14. The van der Waals surface area contributed by atoms with E-state index in [1.54, 1.807) is 0 Å². The number of fused-ring (bicyclic) bond motifs is 1. The molecule has 1 aromatic heterocycles. The number of amides is 1. The van der Waals surface area contributed by atoms with Crippen molar-refractivity contribution in [2.24, 2.45) is 17.8 Å². The van der Waals surface area contributed by atoms with Crippen molar-refractivity contribution >= 4 is 5.91 Å². The van der Waals surface area contributed by atoms with Crippen molar-refractivity contribution < 1.29 is 9.53 Å². The van der Waals surface area contributed by atoms with Gasteiger partial charge in [0.1, 0.15) is 11.5 Å². The highest BCUT2D eigenvalue weighted by Crippen LogP contribution is 2.57. The Morgan fingerprint density at radius 2 is 1.76 bits per heavy atom. The van der Waals surface area contributed by atoms with Crippen molar-refractivity contribution in [2.45, 2.75) is 83.3 Å². The maximum absolute atomic E-state index is 13.2. The fourth-order valence-electron chi connectivity index (χ4n) is 7.55. The largest absolute Gasteiger partial charge is 0.373 e. The highest BCUT2D eigenvalue weighted by atomic mass is 16.5. The molecule has 1 aliphatic heterocycles. The van der Waals surface area contributed by atoms with Crippen LogP contribution in [0.15, 0.2) is 24.3 Å². The molecule has 0 radical (unpaired) electrons. The maximum Gasteiger partial charge on any atom is 0.271 e. The van der Waals surface area contributed by atoms with Crippen LogP contribution in [0.2, 0.25) is 0 Å². The van der Waals surface area contributed by atoms with Gasteiger partial charge in [0.2, 0.25) is 0 Å². The number of ether oxygens (including phenoxy) is 1. The zero-order valence-corrected chi connectivity index (χ0v) is 19.9. The van der Waals surface area contributed by atoms with Gasteiger partial charge in [0, 0.05) is 18.7 Å². The van der Waals surface area contributed by atoms with E-state index in [0.717, 1.165) is 60.6 Å². The van der Waals surface area contributed by atoms with E-state index in [4.69, 9.17) is 9.72 Å². The van der Waals surface area contributed by atoms with Crippen molar-refractivity contribution in [3.05, 3.63) is 41.2 Å². The van der Waals surface area contributed by atoms with Gasteiger partial charge in [-0.1, -0.05) is 36.2 Å². The first-order valence-corrected chi connectivity index (χ1v) is 13.2. The summed E-state index contributed by atoms with van der Waals surface area (Å²) in [6.07, 6.45) is 12.4. The normalized spacial score (nSPS) is 30.2. The van der Waals surface area contributed by atoms with Gasteiger partial charge in [-0.25, -0.2) is 4.98 Å². The monoisotopic (exact) mass is 447 g/mol.